The van der Waals surface area contributed by atoms with Gasteiger partial charge in [0.1, 0.15) is 0 Å². The Hall–Kier alpha value is -0.0800. The Morgan fingerprint density at radius 3 is 2.65 bits per heavy atom. The summed E-state index contributed by atoms with van der Waals surface area (Å²) in [5, 5.41) is 0. The first-order valence-electron chi connectivity index (χ1n) is 8.81. The van der Waals surface area contributed by atoms with Gasteiger partial charge in [0, 0.05) is 7.11 Å². The van der Waals surface area contributed by atoms with E-state index >= 15 is 0 Å². The molecule has 1 saturated heterocycles. The SMILES string of the molecule is CCCCCCCC(OC)C(C)C1CCC2(C)OC2C1. The molecule has 118 valence electrons. The van der Waals surface area contributed by atoms with E-state index in [9.17, 15) is 0 Å². The maximum atomic E-state index is 5.84. The van der Waals surface area contributed by atoms with Crippen molar-refractivity contribution in [3.63, 3.8) is 0 Å². The number of fused-ring (bicyclic) bond motifs is 1. The lowest BCUT2D eigenvalue weighted by Gasteiger charge is -2.33. The van der Waals surface area contributed by atoms with Crippen molar-refractivity contribution in [3.8, 4) is 0 Å². The smallest absolute Gasteiger partial charge is 0.0920 e. The van der Waals surface area contributed by atoms with Crippen LogP contribution in [0.15, 0.2) is 0 Å². The molecule has 1 heterocycles. The van der Waals surface area contributed by atoms with E-state index < -0.39 is 0 Å². The molecule has 1 aliphatic heterocycles. The molecule has 2 fully saturated rings. The van der Waals surface area contributed by atoms with E-state index in [0.717, 1.165) is 5.92 Å². The predicted octanol–water partition coefficient (Wildman–Crippen LogP) is 4.96. The average molecular weight is 282 g/mol. The maximum Gasteiger partial charge on any atom is 0.0920 e. The standard InChI is InChI=1S/C18H34O2/c1-5-6-7-8-9-10-16(19-4)14(2)15-11-12-18(3)17(13-15)20-18/h14-17H,5-13H2,1-4H3. The number of epoxide rings is 1. The average Bonchev–Trinajstić information content (AvgIpc) is 3.12. The maximum absolute atomic E-state index is 5.84. The molecule has 1 aliphatic carbocycles. The van der Waals surface area contributed by atoms with Crippen LogP contribution in [0.25, 0.3) is 0 Å². The summed E-state index contributed by atoms with van der Waals surface area (Å²) in [7, 11) is 1.90. The molecular formula is C18H34O2. The van der Waals surface area contributed by atoms with Gasteiger partial charge in [0.15, 0.2) is 0 Å². The van der Waals surface area contributed by atoms with E-state index in [2.05, 4.69) is 20.8 Å². The third-order valence-corrected chi connectivity index (χ3v) is 5.79. The van der Waals surface area contributed by atoms with Gasteiger partial charge in [0.25, 0.3) is 0 Å². The van der Waals surface area contributed by atoms with E-state index in [4.69, 9.17) is 9.47 Å². The minimum atomic E-state index is 0.249. The molecule has 20 heavy (non-hydrogen) atoms. The molecule has 0 amide bonds. The zero-order valence-corrected chi connectivity index (χ0v) is 14.0. The molecule has 0 spiro atoms. The van der Waals surface area contributed by atoms with Gasteiger partial charge in [-0.2, -0.15) is 0 Å². The molecule has 5 atom stereocenters. The van der Waals surface area contributed by atoms with E-state index in [1.54, 1.807) is 0 Å². The fraction of sp³-hybridized carbons (Fsp3) is 1.00. The summed E-state index contributed by atoms with van der Waals surface area (Å²) < 4.78 is 11.6. The monoisotopic (exact) mass is 282 g/mol. The van der Waals surface area contributed by atoms with Gasteiger partial charge in [0.05, 0.1) is 17.8 Å². The van der Waals surface area contributed by atoms with Crippen LogP contribution in [0.5, 0.6) is 0 Å². The molecule has 2 heteroatoms. The fourth-order valence-corrected chi connectivity index (χ4v) is 4.00. The van der Waals surface area contributed by atoms with Gasteiger partial charge >= 0.3 is 0 Å². The lowest BCUT2D eigenvalue weighted by Crippen LogP contribution is -2.32. The van der Waals surface area contributed by atoms with E-state index in [1.165, 1.54) is 57.8 Å². The molecular weight excluding hydrogens is 248 g/mol. The Balaban J connectivity index is 1.70. The lowest BCUT2D eigenvalue weighted by molar-refractivity contribution is 0.0191. The first kappa shape index (κ1) is 16.3. The number of hydrogen-bond donors (Lipinski definition) is 0. The molecule has 1 saturated carbocycles. The zero-order chi connectivity index (χ0) is 14.6. The van der Waals surface area contributed by atoms with Crippen LogP contribution in [0.1, 0.15) is 78.6 Å². The Morgan fingerprint density at radius 2 is 2.00 bits per heavy atom. The number of rotatable bonds is 9. The predicted molar refractivity (Wildman–Crippen MR) is 84.0 cm³/mol. The van der Waals surface area contributed by atoms with E-state index in [-0.39, 0.29) is 5.60 Å². The Kier molecular flexibility index (Phi) is 5.92. The van der Waals surface area contributed by atoms with Crippen molar-refractivity contribution >= 4 is 0 Å². The summed E-state index contributed by atoms with van der Waals surface area (Å²) in [5.74, 6) is 1.48. The van der Waals surface area contributed by atoms with Crippen molar-refractivity contribution in [1.29, 1.82) is 0 Å². The van der Waals surface area contributed by atoms with Crippen LogP contribution in [-0.2, 0) is 9.47 Å². The fourth-order valence-electron chi connectivity index (χ4n) is 4.00. The van der Waals surface area contributed by atoms with Gasteiger partial charge in [-0.25, -0.2) is 0 Å². The number of hydrogen-bond acceptors (Lipinski definition) is 2. The second kappa shape index (κ2) is 7.26. The Morgan fingerprint density at radius 1 is 1.25 bits per heavy atom. The van der Waals surface area contributed by atoms with Crippen molar-refractivity contribution in [3.05, 3.63) is 0 Å². The summed E-state index contributed by atoms with van der Waals surface area (Å²) in [6, 6.07) is 0. The number of ether oxygens (including phenoxy) is 2. The normalized spacial score (nSPS) is 35.4. The van der Waals surface area contributed by atoms with E-state index in [0.29, 0.717) is 18.1 Å². The summed E-state index contributed by atoms with van der Waals surface area (Å²) in [4.78, 5) is 0. The second-order valence-electron chi connectivity index (χ2n) is 7.29. The van der Waals surface area contributed by atoms with E-state index in [1.807, 2.05) is 7.11 Å². The van der Waals surface area contributed by atoms with Gasteiger partial charge in [-0.15, -0.1) is 0 Å². The molecule has 0 bridgehead atoms. The van der Waals surface area contributed by atoms with Gasteiger partial charge in [-0.1, -0.05) is 46.0 Å². The van der Waals surface area contributed by atoms with Gasteiger partial charge in [0.2, 0.25) is 0 Å². The van der Waals surface area contributed by atoms with Gasteiger partial charge in [-0.05, 0) is 44.4 Å². The molecule has 0 N–H and O–H groups in total. The third-order valence-electron chi connectivity index (χ3n) is 5.79. The quantitative estimate of drug-likeness (QED) is 0.440. The third kappa shape index (κ3) is 3.98. The molecule has 2 nitrogen and oxygen atoms in total. The summed E-state index contributed by atoms with van der Waals surface area (Å²) in [5.41, 5.74) is 0.249. The minimum Gasteiger partial charge on any atom is -0.381 e. The Bertz CT molecular complexity index is 291. The zero-order valence-electron chi connectivity index (χ0n) is 14.0. The highest BCUT2D eigenvalue weighted by Gasteiger charge is 2.56. The highest BCUT2D eigenvalue weighted by atomic mass is 16.6. The van der Waals surface area contributed by atoms with Gasteiger partial charge in [-0.3, -0.25) is 0 Å². The van der Waals surface area contributed by atoms with Crippen LogP contribution in [0.4, 0.5) is 0 Å². The molecule has 0 aromatic heterocycles. The Labute approximate surface area is 125 Å². The highest BCUT2D eigenvalue weighted by Crippen LogP contribution is 2.51. The first-order chi connectivity index (χ1) is 9.60. The van der Waals surface area contributed by atoms with Crippen molar-refractivity contribution in [1.82, 2.24) is 0 Å². The van der Waals surface area contributed by atoms with Crippen molar-refractivity contribution in [2.24, 2.45) is 11.8 Å². The van der Waals surface area contributed by atoms with Crippen LogP contribution in [-0.4, -0.2) is 24.9 Å². The summed E-state index contributed by atoms with van der Waals surface area (Å²) in [6.07, 6.45) is 12.9. The van der Waals surface area contributed by atoms with Crippen LogP contribution in [0.3, 0.4) is 0 Å². The largest absolute Gasteiger partial charge is 0.381 e. The van der Waals surface area contributed by atoms with Crippen LogP contribution in [0.2, 0.25) is 0 Å². The molecule has 2 rings (SSSR count). The topological polar surface area (TPSA) is 21.8 Å². The van der Waals surface area contributed by atoms with Gasteiger partial charge < -0.3 is 9.47 Å². The molecule has 0 radical (unpaired) electrons. The van der Waals surface area contributed by atoms with Crippen LogP contribution >= 0.6 is 0 Å². The molecule has 2 aliphatic rings. The highest BCUT2D eigenvalue weighted by molar-refractivity contribution is 5.04. The van der Waals surface area contributed by atoms with Crippen molar-refractivity contribution in [2.45, 2.75) is 96.4 Å². The summed E-state index contributed by atoms with van der Waals surface area (Å²) in [6.45, 7) is 6.95. The van der Waals surface area contributed by atoms with Crippen molar-refractivity contribution < 1.29 is 9.47 Å². The number of methoxy groups -OCH3 is 1. The second-order valence-corrected chi connectivity index (χ2v) is 7.29. The minimum absolute atomic E-state index is 0.249. The lowest BCUT2D eigenvalue weighted by atomic mass is 9.74. The molecule has 5 unspecified atom stereocenters. The first-order valence-corrected chi connectivity index (χ1v) is 8.81. The molecule has 0 aromatic rings. The van der Waals surface area contributed by atoms with Crippen LogP contribution in [0, 0.1) is 11.8 Å². The summed E-state index contributed by atoms with van der Waals surface area (Å²) >= 11 is 0. The number of unbranched alkanes of at least 4 members (excludes halogenated alkanes) is 4. The van der Waals surface area contributed by atoms with Crippen molar-refractivity contribution in [2.75, 3.05) is 7.11 Å². The van der Waals surface area contributed by atoms with Crippen LogP contribution < -0.4 is 0 Å². The molecule has 0 aromatic carbocycles.